The van der Waals surface area contributed by atoms with E-state index in [0.29, 0.717) is 0 Å². The summed E-state index contributed by atoms with van der Waals surface area (Å²) in [4.78, 5) is 2.43. The highest BCUT2D eigenvalue weighted by Crippen LogP contribution is 2.51. The maximum atomic E-state index is 2.46. The van der Waals surface area contributed by atoms with Crippen LogP contribution in [0.2, 0.25) is 0 Å². The summed E-state index contributed by atoms with van der Waals surface area (Å²) >= 11 is 0. The third-order valence-electron chi connectivity index (χ3n) is 12.2. The molecule has 0 atom stereocenters. The van der Waals surface area contributed by atoms with Crippen LogP contribution in [0.1, 0.15) is 25.0 Å². The van der Waals surface area contributed by atoms with Gasteiger partial charge in [0.2, 0.25) is 0 Å². The summed E-state index contributed by atoms with van der Waals surface area (Å²) in [5.74, 6) is 0. The number of fused-ring (bicyclic) bond motifs is 7. The zero-order valence-electron chi connectivity index (χ0n) is 32.0. The van der Waals surface area contributed by atoms with Gasteiger partial charge in [-0.1, -0.05) is 166 Å². The van der Waals surface area contributed by atoms with Crippen LogP contribution in [-0.4, -0.2) is 4.57 Å². The van der Waals surface area contributed by atoms with Crippen molar-refractivity contribution < 1.29 is 0 Å². The Bertz CT molecular complexity index is 3100. The molecule has 1 aliphatic carbocycles. The number of rotatable bonds is 6. The Hall–Kier alpha value is -7.16. The zero-order chi connectivity index (χ0) is 38.1. The van der Waals surface area contributed by atoms with Gasteiger partial charge < -0.3 is 9.47 Å². The van der Waals surface area contributed by atoms with Crippen LogP contribution in [0.5, 0.6) is 0 Å². The van der Waals surface area contributed by atoms with Crippen molar-refractivity contribution in [3.63, 3.8) is 0 Å². The Morgan fingerprint density at radius 3 is 1.74 bits per heavy atom. The quantitative estimate of drug-likeness (QED) is 0.165. The number of aromatic nitrogens is 1. The van der Waals surface area contributed by atoms with Gasteiger partial charge in [-0.05, 0) is 104 Å². The summed E-state index contributed by atoms with van der Waals surface area (Å²) in [6.07, 6.45) is 0. The molecule has 1 aliphatic rings. The molecule has 0 unspecified atom stereocenters. The second-order valence-corrected chi connectivity index (χ2v) is 15.7. The van der Waals surface area contributed by atoms with Crippen molar-refractivity contribution in [2.75, 3.05) is 4.90 Å². The Balaban J connectivity index is 1.13. The summed E-state index contributed by atoms with van der Waals surface area (Å²) in [6.45, 7) is 4.72. The average molecular weight is 729 g/mol. The van der Waals surface area contributed by atoms with E-state index in [9.17, 15) is 0 Å². The molecule has 270 valence electrons. The Morgan fingerprint density at radius 1 is 0.386 bits per heavy atom. The van der Waals surface area contributed by atoms with Gasteiger partial charge in [0, 0.05) is 38.8 Å². The average Bonchev–Trinajstić information content (AvgIpc) is 3.72. The smallest absolute Gasteiger partial charge is 0.0547 e. The van der Waals surface area contributed by atoms with Crippen molar-refractivity contribution in [2.24, 2.45) is 0 Å². The third-order valence-corrected chi connectivity index (χ3v) is 12.2. The fraction of sp³-hybridized carbons (Fsp3) is 0.0545. The van der Waals surface area contributed by atoms with Gasteiger partial charge in [-0.2, -0.15) is 0 Å². The van der Waals surface area contributed by atoms with Gasteiger partial charge in [-0.15, -0.1) is 0 Å². The molecule has 0 radical (unpaired) electrons. The molecule has 0 saturated carbocycles. The maximum Gasteiger partial charge on any atom is 0.0547 e. The molecule has 0 amide bonds. The molecule has 1 heterocycles. The monoisotopic (exact) mass is 728 g/mol. The predicted molar refractivity (Wildman–Crippen MR) is 241 cm³/mol. The van der Waals surface area contributed by atoms with Gasteiger partial charge in [0.1, 0.15) is 0 Å². The standard InChI is InChI=1S/C55H40N2/c1-55(2)49-24-11-8-21-45(49)46-33-32-43(36-50(46)55)56(41-30-27-38(28-31-41)37-15-4-3-5-16-37)42-19-14-18-40(35-42)54-44-20-7-6-17-39(44)29-34-53(54)57-51-25-12-9-22-47(51)48-23-10-13-26-52(48)57/h3-36H,1-2H3. The highest BCUT2D eigenvalue weighted by molar-refractivity contribution is 6.11. The molecule has 0 spiro atoms. The lowest BCUT2D eigenvalue weighted by Gasteiger charge is -2.29. The number of para-hydroxylation sites is 2. The first-order valence-corrected chi connectivity index (χ1v) is 19.9. The number of hydrogen-bond acceptors (Lipinski definition) is 1. The number of anilines is 3. The molecule has 0 saturated heterocycles. The molecule has 0 fully saturated rings. The van der Waals surface area contributed by atoms with Crippen LogP contribution < -0.4 is 4.90 Å². The predicted octanol–water partition coefficient (Wildman–Crippen LogP) is 15.0. The number of benzene rings is 9. The maximum absolute atomic E-state index is 2.46. The first kappa shape index (κ1) is 33.2. The Morgan fingerprint density at radius 2 is 0.965 bits per heavy atom. The molecule has 2 heteroatoms. The van der Waals surface area contributed by atoms with Crippen molar-refractivity contribution >= 4 is 49.6 Å². The molecule has 11 rings (SSSR count). The molecule has 57 heavy (non-hydrogen) atoms. The molecule has 2 nitrogen and oxygen atoms in total. The van der Waals surface area contributed by atoms with Crippen molar-refractivity contribution in [1.82, 2.24) is 4.57 Å². The van der Waals surface area contributed by atoms with Gasteiger partial charge in [0.25, 0.3) is 0 Å². The van der Waals surface area contributed by atoms with Gasteiger partial charge >= 0.3 is 0 Å². The van der Waals surface area contributed by atoms with E-state index >= 15 is 0 Å². The van der Waals surface area contributed by atoms with Crippen molar-refractivity contribution in [3.05, 3.63) is 217 Å². The van der Waals surface area contributed by atoms with E-state index in [1.807, 2.05) is 0 Å². The zero-order valence-corrected chi connectivity index (χ0v) is 32.0. The fourth-order valence-electron chi connectivity index (χ4n) is 9.44. The van der Waals surface area contributed by atoms with Gasteiger partial charge in [-0.25, -0.2) is 0 Å². The van der Waals surface area contributed by atoms with Crippen LogP contribution in [0.4, 0.5) is 17.1 Å². The summed E-state index contributed by atoms with van der Waals surface area (Å²) in [5, 5.41) is 4.96. The summed E-state index contributed by atoms with van der Waals surface area (Å²) < 4.78 is 2.46. The Kier molecular flexibility index (Phi) is 7.55. The fourth-order valence-corrected chi connectivity index (χ4v) is 9.44. The minimum Gasteiger partial charge on any atom is -0.310 e. The number of hydrogen-bond donors (Lipinski definition) is 0. The van der Waals surface area contributed by atoms with E-state index in [4.69, 9.17) is 0 Å². The summed E-state index contributed by atoms with van der Waals surface area (Å²) in [6, 6.07) is 75.7. The highest BCUT2D eigenvalue weighted by Gasteiger charge is 2.35. The van der Waals surface area contributed by atoms with Crippen molar-refractivity contribution in [3.8, 4) is 39.1 Å². The molecule has 0 N–H and O–H groups in total. The Labute approximate surface area is 333 Å². The normalized spacial score (nSPS) is 12.9. The van der Waals surface area contributed by atoms with E-state index in [1.54, 1.807) is 0 Å². The SMILES string of the molecule is CC1(C)c2ccccc2-c2ccc(N(c3ccc(-c4ccccc4)cc3)c3cccc(-c4c(-n5c6ccccc6c6ccccc65)ccc5ccccc45)c3)cc21. The van der Waals surface area contributed by atoms with Gasteiger partial charge in [-0.3, -0.25) is 0 Å². The van der Waals surface area contributed by atoms with Gasteiger partial charge in [0.15, 0.2) is 0 Å². The highest BCUT2D eigenvalue weighted by atomic mass is 15.1. The van der Waals surface area contributed by atoms with Crippen LogP contribution in [0.15, 0.2) is 206 Å². The summed E-state index contributed by atoms with van der Waals surface area (Å²) in [5.41, 5.74) is 17.0. The van der Waals surface area contributed by atoms with E-state index in [1.165, 1.54) is 82.8 Å². The van der Waals surface area contributed by atoms with E-state index < -0.39 is 0 Å². The van der Waals surface area contributed by atoms with Crippen LogP contribution in [0.25, 0.3) is 71.6 Å². The second kappa shape index (κ2) is 13.0. The molecule has 0 aliphatic heterocycles. The first-order valence-electron chi connectivity index (χ1n) is 19.9. The lowest BCUT2D eigenvalue weighted by atomic mass is 9.82. The van der Waals surface area contributed by atoms with Crippen molar-refractivity contribution in [1.29, 1.82) is 0 Å². The van der Waals surface area contributed by atoms with E-state index in [0.717, 1.165) is 17.1 Å². The lowest BCUT2D eigenvalue weighted by Crippen LogP contribution is -2.16. The van der Waals surface area contributed by atoms with Crippen LogP contribution in [0.3, 0.4) is 0 Å². The minimum absolute atomic E-state index is 0.118. The van der Waals surface area contributed by atoms with Crippen LogP contribution in [-0.2, 0) is 5.41 Å². The topological polar surface area (TPSA) is 8.17 Å². The van der Waals surface area contributed by atoms with Crippen LogP contribution in [0, 0.1) is 0 Å². The largest absolute Gasteiger partial charge is 0.310 e. The molecular formula is C55H40N2. The second-order valence-electron chi connectivity index (χ2n) is 15.7. The summed E-state index contributed by atoms with van der Waals surface area (Å²) in [7, 11) is 0. The first-order chi connectivity index (χ1) is 28.0. The molecule has 10 aromatic rings. The molecular weight excluding hydrogens is 689 g/mol. The molecule has 0 bridgehead atoms. The molecule has 1 aromatic heterocycles. The van der Waals surface area contributed by atoms with Crippen molar-refractivity contribution in [2.45, 2.75) is 19.3 Å². The molecule has 9 aromatic carbocycles. The van der Waals surface area contributed by atoms with E-state index in [-0.39, 0.29) is 5.41 Å². The van der Waals surface area contributed by atoms with Gasteiger partial charge in [0.05, 0.1) is 16.7 Å². The van der Waals surface area contributed by atoms with Crippen LogP contribution >= 0.6 is 0 Å². The number of nitrogens with zero attached hydrogens (tertiary/aromatic N) is 2. The van der Waals surface area contributed by atoms with E-state index in [2.05, 4.69) is 230 Å². The lowest BCUT2D eigenvalue weighted by molar-refractivity contribution is 0.660. The minimum atomic E-state index is -0.118. The third kappa shape index (κ3) is 5.25.